The Kier molecular flexibility index (Phi) is 5.63. The summed E-state index contributed by atoms with van der Waals surface area (Å²) < 4.78 is 37.4. The first-order chi connectivity index (χ1) is 11.9. The van der Waals surface area contributed by atoms with Gasteiger partial charge in [0.05, 0.1) is 6.54 Å². The quantitative estimate of drug-likeness (QED) is 0.835. The molecule has 3 heterocycles. The van der Waals surface area contributed by atoms with Crippen molar-refractivity contribution in [3.8, 4) is 0 Å². The van der Waals surface area contributed by atoms with Crippen molar-refractivity contribution in [2.24, 2.45) is 5.92 Å². The average Bonchev–Trinajstić information content (AvgIpc) is 3.00. The van der Waals surface area contributed by atoms with Crippen LogP contribution in [-0.4, -0.2) is 71.5 Å². The zero-order valence-electron chi connectivity index (χ0n) is 14.0. The Balaban J connectivity index is 1.57. The number of aliphatic hydroxyl groups is 1. The molecule has 140 valence electrons. The molecule has 2 aliphatic heterocycles. The zero-order chi connectivity index (χ0) is 17.9. The maximum absolute atomic E-state index is 12.5. The molecular formula is C16H24F3N5O. The summed E-state index contributed by atoms with van der Waals surface area (Å²) >= 11 is 0. The second kappa shape index (κ2) is 7.74. The predicted molar refractivity (Wildman–Crippen MR) is 88.6 cm³/mol. The van der Waals surface area contributed by atoms with Crippen LogP contribution in [0.5, 0.6) is 0 Å². The van der Waals surface area contributed by atoms with E-state index >= 15 is 0 Å². The number of anilines is 2. The lowest BCUT2D eigenvalue weighted by Crippen LogP contribution is -2.37. The molecule has 2 aliphatic rings. The number of halogens is 3. The lowest BCUT2D eigenvalue weighted by atomic mass is 9.99. The predicted octanol–water partition coefficient (Wildman–Crippen LogP) is 1.73. The zero-order valence-corrected chi connectivity index (χ0v) is 14.0. The fourth-order valence-electron chi connectivity index (χ4n) is 3.58. The highest BCUT2D eigenvalue weighted by Gasteiger charge is 2.34. The maximum atomic E-state index is 12.5. The van der Waals surface area contributed by atoms with Gasteiger partial charge in [-0.15, -0.1) is 0 Å². The van der Waals surface area contributed by atoms with E-state index in [1.807, 2.05) is 6.07 Å². The lowest BCUT2D eigenvalue weighted by Gasteiger charge is -2.32. The van der Waals surface area contributed by atoms with Gasteiger partial charge in [-0.1, -0.05) is 0 Å². The van der Waals surface area contributed by atoms with Gasteiger partial charge >= 0.3 is 6.18 Å². The summed E-state index contributed by atoms with van der Waals surface area (Å²) in [5, 5.41) is 12.6. The topological polar surface area (TPSA) is 64.5 Å². The average molecular weight is 359 g/mol. The second-order valence-electron chi connectivity index (χ2n) is 6.88. The summed E-state index contributed by atoms with van der Waals surface area (Å²) in [6.07, 6.45) is -0.00378. The van der Waals surface area contributed by atoms with Gasteiger partial charge in [0.15, 0.2) is 0 Å². The van der Waals surface area contributed by atoms with Crippen LogP contribution < -0.4 is 10.2 Å². The fraction of sp³-hybridized carbons (Fsp3) is 0.750. The molecular weight excluding hydrogens is 335 g/mol. The highest BCUT2D eigenvalue weighted by Crippen LogP contribution is 2.24. The smallest absolute Gasteiger partial charge is 0.396 e. The minimum atomic E-state index is -4.16. The lowest BCUT2D eigenvalue weighted by molar-refractivity contribution is -0.143. The van der Waals surface area contributed by atoms with Crippen molar-refractivity contribution < 1.29 is 18.3 Å². The molecule has 0 aliphatic carbocycles. The van der Waals surface area contributed by atoms with Crippen LogP contribution in [0, 0.1) is 5.92 Å². The Bertz CT molecular complexity index is 571. The van der Waals surface area contributed by atoms with Crippen LogP contribution in [0.3, 0.4) is 0 Å². The molecule has 0 aromatic carbocycles. The van der Waals surface area contributed by atoms with Gasteiger partial charge in [0, 0.05) is 44.9 Å². The molecule has 2 atom stereocenters. The summed E-state index contributed by atoms with van der Waals surface area (Å²) in [6, 6.07) is 1.79. The Morgan fingerprint density at radius 2 is 2.04 bits per heavy atom. The molecule has 2 fully saturated rings. The monoisotopic (exact) mass is 359 g/mol. The van der Waals surface area contributed by atoms with E-state index in [-0.39, 0.29) is 18.6 Å². The third-order valence-electron chi connectivity index (χ3n) is 4.78. The normalized spacial score (nSPS) is 25.4. The first-order valence-electron chi connectivity index (χ1n) is 8.66. The summed E-state index contributed by atoms with van der Waals surface area (Å²) in [7, 11) is 0. The Labute approximate surface area is 145 Å². The van der Waals surface area contributed by atoms with E-state index in [0.717, 1.165) is 31.7 Å². The van der Waals surface area contributed by atoms with Crippen molar-refractivity contribution in [2.75, 3.05) is 49.5 Å². The molecule has 0 spiro atoms. The van der Waals surface area contributed by atoms with Crippen molar-refractivity contribution in [2.45, 2.75) is 31.5 Å². The minimum Gasteiger partial charge on any atom is -0.396 e. The number of aromatic nitrogens is 2. The van der Waals surface area contributed by atoms with Crippen LogP contribution in [0.1, 0.15) is 19.3 Å². The third-order valence-corrected chi connectivity index (χ3v) is 4.78. The Morgan fingerprint density at radius 1 is 1.20 bits per heavy atom. The second-order valence-corrected chi connectivity index (χ2v) is 6.88. The van der Waals surface area contributed by atoms with Crippen molar-refractivity contribution in [1.82, 2.24) is 14.9 Å². The molecule has 3 rings (SSSR count). The third kappa shape index (κ3) is 5.18. The van der Waals surface area contributed by atoms with E-state index in [4.69, 9.17) is 0 Å². The molecule has 9 heteroatoms. The number of alkyl halides is 3. The van der Waals surface area contributed by atoms with Gasteiger partial charge in [0.25, 0.3) is 0 Å². The van der Waals surface area contributed by atoms with Crippen LogP contribution in [0.15, 0.2) is 12.4 Å². The van der Waals surface area contributed by atoms with Gasteiger partial charge in [-0.25, -0.2) is 9.97 Å². The molecule has 25 heavy (non-hydrogen) atoms. The van der Waals surface area contributed by atoms with Gasteiger partial charge in [0.1, 0.15) is 18.0 Å². The number of aliphatic hydroxyl groups excluding tert-OH is 1. The van der Waals surface area contributed by atoms with Crippen LogP contribution in [0.25, 0.3) is 0 Å². The Morgan fingerprint density at radius 3 is 2.80 bits per heavy atom. The van der Waals surface area contributed by atoms with Crippen molar-refractivity contribution in [3.05, 3.63) is 12.4 Å². The van der Waals surface area contributed by atoms with Crippen LogP contribution in [-0.2, 0) is 0 Å². The first-order valence-corrected chi connectivity index (χ1v) is 8.66. The van der Waals surface area contributed by atoms with Crippen molar-refractivity contribution >= 4 is 11.6 Å². The van der Waals surface area contributed by atoms with E-state index in [1.165, 1.54) is 11.2 Å². The van der Waals surface area contributed by atoms with Crippen LogP contribution >= 0.6 is 0 Å². The van der Waals surface area contributed by atoms with Gasteiger partial charge in [-0.05, 0) is 25.2 Å². The summed E-state index contributed by atoms with van der Waals surface area (Å²) in [5.41, 5.74) is 0. The van der Waals surface area contributed by atoms with Gasteiger partial charge in [-0.2, -0.15) is 13.2 Å². The van der Waals surface area contributed by atoms with E-state index in [9.17, 15) is 18.3 Å². The summed E-state index contributed by atoms with van der Waals surface area (Å²) in [4.78, 5) is 12.0. The van der Waals surface area contributed by atoms with E-state index in [1.54, 1.807) is 0 Å². The van der Waals surface area contributed by atoms with Crippen LogP contribution in [0.4, 0.5) is 24.8 Å². The van der Waals surface area contributed by atoms with Crippen molar-refractivity contribution in [1.29, 1.82) is 0 Å². The van der Waals surface area contributed by atoms with Crippen LogP contribution in [0.2, 0.25) is 0 Å². The molecule has 6 nitrogen and oxygen atoms in total. The molecule has 2 saturated heterocycles. The minimum absolute atomic E-state index is 0.0448. The maximum Gasteiger partial charge on any atom is 0.401 e. The number of likely N-dealkylation sites (tertiary alicyclic amines) is 1. The Hall–Kier alpha value is -1.61. The molecule has 0 amide bonds. The van der Waals surface area contributed by atoms with Gasteiger partial charge in [-0.3, -0.25) is 4.90 Å². The molecule has 0 bridgehead atoms. The van der Waals surface area contributed by atoms with Crippen molar-refractivity contribution in [3.63, 3.8) is 0 Å². The van der Waals surface area contributed by atoms with E-state index in [2.05, 4.69) is 20.2 Å². The standard InChI is InChI=1S/C16H24F3N5O/c17-16(18,19)10-23-5-3-13(8-23)22-14-6-15(21-11-20-14)24-4-1-2-12(7-24)9-25/h6,11-13,25H,1-5,7-10H2,(H,20,21,22). The summed E-state index contributed by atoms with van der Waals surface area (Å²) in [5.74, 6) is 1.68. The first kappa shape index (κ1) is 18.2. The largest absolute Gasteiger partial charge is 0.401 e. The highest BCUT2D eigenvalue weighted by molar-refractivity contribution is 5.49. The number of piperidine rings is 1. The molecule has 1 aromatic rings. The van der Waals surface area contributed by atoms with E-state index in [0.29, 0.717) is 25.3 Å². The molecule has 1 aromatic heterocycles. The van der Waals surface area contributed by atoms with Gasteiger partial charge in [0.2, 0.25) is 0 Å². The molecule has 2 N–H and O–H groups in total. The SMILES string of the molecule is OCC1CCCN(c2cc(NC3CCN(CC(F)(F)F)C3)ncn2)C1. The van der Waals surface area contributed by atoms with Gasteiger partial charge < -0.3 is 15.3 Å². The highest BCUT2D eigenvalue weighted by atomic mass is 19.4. The van der Waals surface area contributed by atoms with E-state index < -0.39 is 12.7 Å². The number of nitrogens with one attached hydrogen (secondary N) is 1. The fourth-order valence-corrected chi connectivity index (χ4v) is 3.58. The molecule has 0 saturated carbocycles. The molecule has 0 radical (unpaired) electrons. The molecule has 2 unspecified atom stereocenters. The summed E-state index contributed by atoms with van der Waals surface area (Å²) in [6.45, 7) is 1.74. The number of hydrogen-bond acceptors (Lipinski definition) is 6. The number of nitrogens with zero attached hydrogens (tertiary/aromatic N) is 4. The number of rotatable bonds is 5. The number of hydrogen-bond donors (Lipinski definition) is 2.